The first kappa shape index (κ1) is 13.3. The molecule has 0 spiro atoms. The van der Waals surface area contributed by atoms with Gasteiger partial charge in [-0.2, -0.15) is 0 Å². The molecular weight excluding hydrogens is 303 g/mol. The highest BCUT2D eigenvalue weighted by molar-refractivity contribution is 7.90. The molecule has 0 aromatic heterocycles. The van der Waals surface area contributed by atoms with E-state index in [9.17, 15) is 12.8 Å². The van der Waals surface area contributed by atoms with Gasteiger partial charge in [0.15, 0.2) is 5.84 Å². The molecule has 0 radical (unpaired) electrons. The summed E-state index contributed by atoms with van der Waals surface area (Å²) in [5.74, 6) is -0.284. The third-order valence-corrected chi connectivity index (χ3v) is 4.46. The molecule has 1 aromatic rings. The van der Waals surface area contributed by atoms with Crippen LogP contribution in [0, 0.1) is 5.82 Å². The maximum Gasteiger partial charge on any atom is 0.256 e. The van der Waals surface area contributed by atoms with Gasteiger partial charge in [-0.05, 0) is 30.4 Å². The molecule has 7 heteroatoms. The molecule has 2 aliphatic rings. The first-order valence-electron chi connectivity index (χ1n) is 5.90. The third kappa shape index (κ3) is 2.36. The molecule has 0 bridgehead atoms. The Morgan fingerprint density at radius 1 is 1.35 bits per heavy atom. The highest BCUT2D eigenvalue weighted by Gasteiger charge is 2.28. The molecule has 0 aliphatic carbocycles. The molecule has 0 amide bonds. The molecule has 0 saturated heterocycles. The molecule has 104 valence electrons. The van der Waals surface area contributed by atoms with Gasteiger partial charge in [-0.3, -0.25) is 0 Å². The average Bonchev–Trinajstić information content (AvgIpc) is 2.40. The Labute approximate surface area is 120 Å². The van der Waals surface area contributed by atoms with Crippen molar-refractivity contribution in [2.24, 2.45) is 4.40 Å². The lowest BCUT2D eigenvalue weighted by molar-refractivity contribution is 0.549. The van der Waals surface area contributed by atoms with E-state index < -0.39 is 15.8 Å². The molecule has 1 aromatic carbocycles. The van der Waals surface area contributed by atoms with E-state index >= 15 is 0 Å². The van der Waals surface area contributed by atoms with Crippen LogP contribution in [0.15, 0.2) is 40.9 Å². The Bertz CT molecular complexity index is 769. The standard InChI is InChI=1S/C13H10ClFN2O2S/c14-9-3-4-12(15)11(8-9)10-2-1-5-17-6-7-20(18,19)16-13(10)17/h1-5,8H,6-7H2. The zero-order valence-corrected chi connectivity index (χ0v) is 11.8. The molecule has 0 saturated carbocycles. The zero-order chi connectivity index (χ0) is 14.3. The van der Waals surface area contributed by atoms with Crippen molar-refractivity contribution in [3.05, 3.63) is 53.0 Å². The van der Waals surface area contributed by atoms with Crippen LogP contribution >= 0.6 is 11.6 Å². The van der Waals surface area contributed by atoms with Gasteiger partial charge in [0.2, 0.25) is 0 Å². The van der Waals surface area contributed by atoms with Crippen LogP contribution in [0.2, 0.25) is 5.02 Å². The van der Waals surface area contributed by atoms with Crippen molar-refractivity contribution in [1.82, 2.24) is 4.90 Å². The van der Waals surface area contributed by atoms with Gasteiger partial charge in [-0.15, -0.1) is 4.40 Å². The fraction of sp³-hybridized carbons (Fsp3) is 0.154. The van der Waals surface area contributed by atoms with Gasteiger partial charge >= 0.3 is 0 Å². The normalized spacial score (nSPS) is 20.2. The number of amidine groups is 1. The van der Waals surface area contributed by atoms with E-state index in [0.717, 1.165) is 0 Å². The summed E-state index contributed by atoms with van der Waals surface area (Å²) in [5, 5.41) is 0.377. The van der Waals surface area contributed by atoms with E-state index in [2.05, 4.69) is 4.40 Å². The minimum absolute atomic E-state index is 0.0495. The minimum atomic E-state index is -3.50. The second-order valence-electron chi connectivity index (χ2n) is 4.44. The number of halogens is 2. The van der Waals surface area contributed by atoms with Gasteiger partial charge < -0.3 is 4.90 Å². The van der Waals surface area contributed by atoms with Crippen molar-refractivity contribution in [2.75, 3.05) is 12.3 Å². The summed E-state index contributed by atoms with van der Waals surface area (Å²) in [7, 11) is -3.50. The number of hydrogen-bond donors (Lipinski definition) is 0. The van der Waals surface area contributed by atoms with Crippen LogP contribution in [0.5, 0.6) is 0 Å². The van der Waals surface area contributed by atoms with E-state index in [1.165, 1.54) is 18.2 Å². The predicted molar refractivity (Wildman–Crippen MR) is 76.5 cm³/mol. The van der Waals surface area contributed by atoms with Gasteiger partial charge in [-0.1, -0.05) is 11.6 Å². The molecule has 3 rings (SSSR count). The van der Waals surface area contributed by atoms with Crippen molar-refractivity contribution in [3.8, 4) is 0 Å². The number of sulfonamides is 1. The highest BCUT2D eigenvalue weighted by atomic mass is 35.5. The molecule has 20 heavy (non-hydrogen) atoms. The Morgan fingerprint density at radius 2 is 2.15 bits per heavy atom. The third-order valence-electron chi connectivity index (χ3n) is 3.08. The second kappa shape index (κ2) is 4.71. The molecule has 2 aliphatic heterocycles. The fourth-order valence-corrected chi connectivity index (χ4v) is 3.29. The number of allylic oxidation sites excluding steroid dienone is 2. The summed E-state index contributed by atoms with van der Waals surface area (Å²) >= 11 is 5.88. The van der Waals surface area contributed by atoms with Crippen LogP contribution < -0.4 is 0 Å². The van der Waals surface area contributed by atoms with Crippen molar-refractivity contribution in [3.63, 3.8) is 0 Å². The summed E-state index contributed by atoms with van der Waals surface area (Å²) in [6.07, 6.45) is 5.08. The number of benzene rings is 1. The topological polar surface area (TPSA) is 49.7 Å². The Morgan fingerprint density at radius 3 is 2.95 bits per heavy atom. The molecule has 0 N–H and O–H groups in total. The van der Waals surface area contributed by atoms with E-state index in [-0.39, 0.29) is 17.2 Å². The number of fused-ring (bicyclic) bond motifs is 1. The Kier molecular flexibility index (Phi) is 3.14. The van der Waals surface area contributed by atoms with Gasteiger partial charge in [-0.25, -0.2) is 12.8 Å². The molecule has 2 heterocycles. The van der Waals surface area contributed by atoms with Gasteiger partial charge in [0.1, 0.15) is 5.82 Å². The molecular formula is C13H10ClFN2O2S. The predicted octanol–water partition coefficient (Wildman–Crippen LogP) is 2.43. The van der Waals surface area contributed by atoms with E-state index in [4.69, 9.17) is 11.6 Å². The minimum Gasteiger partial charge on any atom is -0.331 e. The first-order chi connectivity index (χ1) is 9.46. The molecule has 0 atom stereocenters. The summed E-state index contributed by atoms with van der Waals surface area (Å²) in [6.45, 7) is 0.303. The summed E-state index contributed by atoms with van der Waals surface area (Å²) in [4.78, 5) is 1.69. The Balaban J connectivity index is 2.17. The van der Waals surface area contributed by atoms with Crippen molar-refractivity contribution in [2.45, 2.75) is 0 Å². The number of hydrogen-bond acceptors (Lipinski definition) is 3. The highest BCUT2D eigenvalue weighted by Crippen LogP contribution is 2.29. The van der Waals surface area contributed by atoms with Crippen LogP contribution in [0.1, 0.15) is 5.56 Å². The quantitative estimate of drug-likeness (QED) is 0.800. The van der Waals surface area contributed by atoms with Gasteiger partial charge in [0.05, 0.1) is 5.75 Å². The smallest absolute Gasteiger partial charge is 0.256 e. The van der Waals surface area contributed by atoms with E-state index in [1.54, 1.807) is 23.3 Å². The largest absolute Gasteiger partial charge is 0.331 e. The van der Waals surface area contributed by atoms with E-state index in [1.807, 2.05) is 0 Å². The Hall–Kier alpha value is -1.66. The lowest BCUT2D eigenvalue weighted by Gasteiger charge is -2.29. The van der Waals surface area contributed by atoms with Gasteiger partial charge in [0.25, 0.3) is 10.0 Å². The number of rotatable bonds is 1. The molecule has 0 fully saturated rings. The van der Waals surface area contributed by atoms with Crippen LogP contribution in [0.25, 0.3) is 5.57 Å². The van der Waals surface area contributed by atoms with Crippen LogP contribution in [0.3, 0.4) is 0 Å². The van der Waals surface area contributed by atoms with Crippen LogP contribution in [-0.2, 0) is 10.0 Å². The van der Waals surface area contributed by atoms with Gasteiger partial charge in [0, 0.05) is 28.9 Å². The van der Waals surface area contributed by atoms with Crippen molar-refractivity contribution < 1.29 is 12.8 Å². The summed E-state index contributed by atoms with van der Waals surface area (Å²) in [6, 6.07) is 4.15. The summed E-state index contributed by atoms with van der Waals surface area (Å²) < 4.78 is 41.0. The lowest BCUT2D eigenvalue weighted by Crippen LogP contribution is -2.37. The fourth-order valence-electron chi connectivity index (χ4n) is 2.13. The van der Waals surface area contributed by atoms with E-state index in [0.29, 0.717) is 17.1 Å². The van der Waals surface area contributed by atoms with Crippen LogP contribution in [0.4, 0.5) is 4.39 Å². The van der Waals surface area contributed by atoms with Crippen molar-refractivity contribution >= 4 is 33.0 Å². The average molecular weight is 313 g/mol. The molecule has 4 nitrogen and oxygen atoms in total. The lowest BCUT2D eigenvalue weighted by atomic mass is 10.0. The first-order valence-corrected chi connectivity index (χ1v) is 7.88. The zero-order valence-electron chi connectivity index (χ0n) is 10.3. The van der Waals surface area contributed by atoms with Crippen LogP contribution in [-0.4, -0.2) is 31.5 Å². The molecule has 0 unspecified atom stereocenters. The second-order valence-corrected chi connectivity index (χ2v) is 6.63. The van der Waals surface area contributed by atoms with Crippen molar-refractivity contribution in [1.29, 1.82) is 0 Å². The summed E-state index contributed by atoms with van der Waals surface area (Å²) in [5.41, 5.74) is 0.651. The SMILES string of the molecule is O=S1(=O)CCN2C=CC=C(c3cc(Cl)ccc3F)C2=N1. The maximum absolute atomic E-state index is 14.0. The monoisotopic (exact) mass is 312 g/mol. The number of nitrogens with zero attached hydrogens (tertiary/aromatic N) is 2. The maximum atomic E-state index is 14.0.